The summed E-state index contributed by atoms with van der Waals surface area (Å²) in [5.41, 5.74) is 3.00. The number of hydrogen-bond donors (Lipinski definition) is 1. The van der Waals surface area contributed by atoms with Gasteiger partial charge in [0.25, 0.3) is 0 Å². The summed E-state index contributed by atoms with van der Waals surface area (Å²) in [6, 6.07) is 1.88. The lowest BCUT2D eigenvalue weighted by atomic mass is 10.4. The lowest BCUT2D eigenvalue weighted by Crippen LogP contribution is -2.21. The third-order valence-electron chi connectivity index (χ3n) is 1.46. The van der Waals surface area contributed by atoms with E-state index in [1.54, 1.807) is 12.3 Å². The van der Waals surface area contributed by atoms with Crippen molar-refractivity contribution in [3.63, 3.8) is 0 Å². The molecule has 2 nitrogen and oxygen atoms in total. The molecular formula is C8H5ClN2. The summed E-state index contributed by atoms with van der Waals surface area (Å²) in [4.78, 5) is 6.96. The molecule has 54 valence electrons. The highest BCUT2D eigenvalue weighted by Gasteiger charge is 1.93. The number of rotatable bonds is 0. The van der Waals surface area contributed by atoms with Crippen molar-refractivity contribution in [2.45, 2.75) is 0 Å². The number of aliphatic imine (C=N–C) groups is 1. The molecule has 0 atom stereocenters. The van der Waals surface area contributed by atoms with E-state index in [1.165, 1.54) is 0 Å². The topological polar surface area (TPSA) is 28.1 Å². The highest BCUT2D eigenvalue weighted by Crippen LogP contribution is 1.99. The maximum Gasteiger partial charge on any atom is 0.139 e. The molecule has 0 radical (unpaired) electrons. The van der Waals surface area contributed by atoms with E-state index in [-0.39, 0.29) is 0 Å². The van der Waals surface area contributed by atoms with Gasteiger partial charge in [-0.3, -0.25) is 0 Å². The van der Waals surface area contributed by atoms with E-state index >= 15 is 0 Å². The molecule has 2 rings (SSSR count). The summed E-state index contributed by atoms with van der Waals surface area (Å²) in [5.74, 6) is 0. The number of aromatic nitrogens is 1. The maximum absolute atomic E-state index is 5.83. The molecule has 11 heavy (non-hydrogen) atoms. The van der Waals surface area contributed by atoms with Gasteiger partial charge in [-0.25, -0.2) is 4.99 Å². The Kier molecular flexibility index (Phi) is 1.42. The minimum absolute atomic E-state index is 0.502. The summed E-state index contributed by atoms with van der Waals surface area (Å²) in [7, 11) is 0. The van der Waals surface area contributed by atoms with Gasteiger partial charge in [-0.05, 0) is 6.07 Å². The Balaban J connectivity index is 3.06. The summed E-state index contributed by atoms with van der Waals surface area (Å²) in [6.45, 7) is 0. The number of nitrogens with zero attached hydrogens (tertiary/aromatic N) is 1. The van der Waals surface area contributed by atoms with Crippen molar-refractivity contribution in [2.24, 2.45) is 4.99 Å². The van der Waals surface area contributed by atoms with Crippen LogP contribution in [0.4, 0.5) is 0 Å². The number of allylic oxidation sites excluding steroid dienone is 1. The first-order chi connectivity index (χ1) is 5.38. The maximum atomic E-state index is 5.83. The molecular weight excluding hydrogens is 160 g/mol. The first-order valence-electron chi connectivity index (χ1n) is 3.20. The van der Waals surface area contributed by atoms with E-state index in [4.69, 9.17) is 11.6 Å². The van der Waals surface area contributed by atoms with Crippen molar-refractivity contribution in [1.29, 1.82) is 0 Å². The van der Waals surface area contributed by atoms with Crippen molar-refractivity contribution < 1.29 is 0 Å². The van der Waals surface area contributed by atoms with Crippen LogP contribution < -0.4 is 10.6 Å². The van der Waals surface area contributed by atoms with Gasteiger partial charge >= 0.3 is 0 Å². The molecule has 0 aromatic carbocycles. The Labute approximate surface area is 68.2 Å². The molecule has 0 aliphatic carbocycles. The second-order valence-electron chi connectivity index (χ2n) is 2.15. The van der Waals surface area contributed by atoms with Crippen molar-refractivity contribution in [1.82, 2.24) is 4.98 Å². The fraction of sp³-hybridized carbons (Fsp3) is 0. The molecule has 0 saturated carbocycles. The summed E-state index contributed by atoms with van der Waals surface area (Å²) in [5, 5.41) is 2.28. The molecule has 1 N–H and O–H groups in total. The van der Waals surface area contributed by atoms with Crippen molar-refractivity contribution in [3.05, 3.63) is 28.9 Å². The van der Waals surface area contributed by atoms with Gasteiger partial charge < -0.3 is 4.98 Å². The zero-order valence-corrected chi connectivity index (χ0v) is 6.39. The van der Waals surface area contributed by atoms with Gasteiger partial charge in [0.05, 0.1) is 5.35 Å². The van der Waals surface area contributed by atoms with Gasteiger partial charge in [-0.15, -0.1) is 0 Å². The zero-order chi connectivity index (χ0) is 7.68. The van der Waals surface area contributed by atoms with Crippen LogP contribution in [0, 0.1) is 0 Å². The Morgan fingerprint density at radius 2 is 2.45 bits per heavy atom. The molecule has 0 bridgehead atoms. The average Bonchev–Trinajstić information content (AvgIpc) is 2.40. The number of nitrogens with one attached hydrogen (secondary N) is 1. The normalized spacial score (nSPS) is 14.1. The van der Waals surface area contributed by atoms with E-state index < -0.39 is 0 Å². The predicted octanol–water partition coefficient (Wildman–Crippen LogP) is 0.339. The predicted molar refractivity (Wildman–Crippen MR) is 45.8 cm³/mol. The summed E-state index contributed by atoms with van der Waals surface area (Å²) in [6.07, 6.45) is 5.16. The van der Waals surface area contributed by atoms with Gasteiger partial charge in [-0.1, -0.05) is 17.3 Å². The highest BCUT2D eigenvalue weighted by atomic mass is 35.5. The molecule has 0 spiro atoms. The van der Waals surface area contributed by atoms with Crippen LogP contribution in [0.25, 0.3) is 10.9 Å². The van der Waals surface area contributed by atoms with Crippen LogP contribution in [0.15, 0.2) is 23.3 Å². The van der Waals surface area contributed by atoms with Gasteiger partial charge in [0, 0.05) is 23.7 Å². The zero-order valence-electron chi connectivity index (χ0n) is 5.63. The average molecular weight is 165 g/mol. The quantitative estimate of drug-likeness (QED) is 0.536. The number of fused-ring (bicyclic) bond motifs is 1. The molecule has 0 unspecified atom stereocenters. The molecule has 1 aliphatic heterocycles. The van der Waals surface area contributed by atoms with Crippen LogP contribution in [-0.4, -0.2) is 11.2 Å². The lowest BCUT2D eigenvalue weighted by Gasteiger charge is -1.80. The van der Waals surface area contributed by atoms with Crippen molar-refractivity contribution >= 4 is 28.7 Å². The van der Waals surface area contributed by atoms with Gasteiger partial charge in [-0.2, -0.15) is 0 Å². The van der Waals surface area contributed by atoms with Gasteiger partial charge in [0.15, 0.2) is 0 Å². The molecule has 0 amide bonds. The van der Waals surface area contributed by atoms with Crippen LogP contribution in [0.2, 0.25) is 0 Å². The third kappa shape index (κ3) is 1.03. The van der Waals surface area contributed by atoms with Crippen LogP contribution in [-0.2, 0) is 0 Å². The SMILES string of the molecule is ClC1=c2cc[nH]c2=C=CC=N1. The molecule has 0 saturated heterocycles. The monoisotopic (exact) mass is 164 g/mol. The largest absolute Gasteiger partial charge is 0.355 e. The standard InChI is InChI=1S/C8H5ClN2/c9-8-6-3-5-10-7(6)2-1-4-11-8/h1,3-5,10H. The second kappa shape index (κ2) is 2.42. The van der Waals surface area contributed by atoms with E-state index in [1.807, 2.05) is 12.3 Å². The number of hydrogen-bond acceptors (Lipinski definition) is 1. The smallest absolute Gasteiger partial charge is 0.139 e. The van der Waals surface area contributed by atoms with Gasteiger partial charge in [0.2, 0.25) is 0 Å². The van der Waals surface area contributed by atoms with Crippen LogP contribution in [0.3, 0.4) is 0 Å². The Morgan fingerprint density at radius 1 is 1.55 bits per heavy atom. The first kappa shape index (κ1) is 6.47. The molecule has 1 aliphatic rings. The summed E-state index contributed by atoms with van der Waals surface area (Å²) < 4.78 is 0. The molecule has 1 aromatic rings. The minimum atomic E-state index is 0.502. The number of aromatic amines is 1. The highest BCUT2D eigenvalue weighted by molar-refractivity contribution is 6.45. The minimum Gasteiger partial charge on any atom is -0.355 e. The fourth-order valence-corrected chi connectivity index (χ4v) is 1.17. The van der Waals surface area contributed by atoms with E-state index in [9.17, 15) is 0 Å². The van der Waals surface area contributed by atoms with Crippen LogP contribution >= 0.6 is 11.6 Å². The van der Waals surface area contributed by atoms with Crippen LogP contribution in [0.1, 0.15) is 0 Å². The van der Waals surface area contributed by atoms with E-state index in [0.29, 0.717) is 5.16 Å². The summed E-state index contributed by atoms with van der Waals surface area (Å²) >= 11 is 5.83. The van der Waals surface area contributed by atoms with Crippen molar-refractivity contribution in [2.75, 3.05) is 0 Å². The fourth-order valence-electron chi connectivity index (χ4n) is 0.954. The van der Waals surface area contributed by atoms with E-state index in [0.717, 1.165) is 10.6 Å². The Hall–Kier alpha value is -1.24. The Bertz CT molecular complexity index is 447. The molecule has 1 aromatic heterocycles. The number of H-pyrrole nitrogens is 1. The first-order valence-corrected chi connectivity index (χ1v) is 3.58. The molecule has 2 heterocycles. The number of halogens is 1. The van der Waals surface area contributed by atoms with Crippen LogP contribution in [0.5, 0.6) is 0 Å². The molecule has 0 fully saturated rings. The van der Waals surface area contributed by atoms with E-state index in [2.05, 4.69) is 15.7 Å². The Morgan fingerprint density at radius 3 is 3.36 bits per heavy atom. The van der Waals surface area contributed by atoms with Crippen molar-refractivity contribution in [3.8, 4) is 0 Å². The third-order valence-corrected chi connectivity index (χ3v) is 1.76. The second-order valence-corrected chi connectivity index (χ2v) is 2.50. The van der Waals surface area contributed by atoms with Gasteiger partial charge in [0.1, 0.15) is 5.16 Å². The lowest BCUT2D eigenvalue weighted by molar-refractivity contribution is 1.32. The molecule has 3 heteroatoms.